The number of hydrogen-bond acceptors (Lipinski definition) is 8. The van der Waals surface area contributed by atoms with Crippen LogP contribution in [0.2, 0.25) is 5.02 Å². The Morgan fingerprint density at radius 2 is 1.72 bits per heavy atom. The number of carbonyl (C=O) groups is 5. The molecule has 0 spiro atoms. The molecule has 2 aromatic carbocycles. The minimum absolute atomic E-state index is 0.00558. The first-order valence-electron chi connectivity index (χ1n) is 15.5. The number of nitrogens with zero attached hydrogens (tertiary/aromatic N) is 1. The molecule has 14 heteroatoms. The molecule has 0 aromatic heterocycles. The molecule has 1 heterocycles. The van der Waals surface area contributed by atoms with E-state index < -0.39 is 60.4 Å². The number of likely N-dealkylation sites (tertiary alicyclic amines) is 1. The molecule has 256 valence electrons. The minimum atomic E-state index is -1.28. The number of thiol groups is 1. The summed E-state index contributed by atoms with van der Waals surface area (Å²) in [5, 5.41) is 17.8. The van der Waals surface area contributed by atoms with Gasteiger partial charge in [0.1, 0.15) is 18.1 Å². The Hall–Kier alpha value is -3.81. The summed E-state index contributed by atoms with van der Waals surface area (Å²) in [6.45, 7) is 4.31. The Kier molecular flexibility index (Phi) is 15.3. The van der Waals surface area contributed by atoms with Gasteiger partial charge in [0.05, 0.1) is 19.3 Å². The fourth-order valence-electron chi connectivity index (χ4n) is 4.96. The topological polar surface area (TPSA) is 163 Å². The maximum atomic E-state index is 13.9. The van der Waals surface area contributed by atoms with E-state index in [9.17, 15) is 29.1 Å². The van der Waals surface area contributed by atoms with Crippen molar-refractivity contribution < 1.29 is 38.6 Å². The Balaban J connectivity index is 1.74. The van der Waals surface area contributed by atoms with Crippen molar-refractivity contribution in [3.8, 4) is 0 Å². The second kappa shape index (κ2) is 19.1. The number of carboxylic acid groups (broad SMARTS) is 1. The predicted octanol–water partition coefficient (Wildman–Crippen LogP) is 3.22. The molecule has 1 fully saturated rings. The van der Waals surface area contributed by atoms with Gasteiger partial charge in [0.15, 0.2) is 0 Å². The van der Waals surface area contributed by atoms with Gasteiger partial charge >= 0.3 is 12.1 Å². The predicted molar refractivity (Wildman–Crippen MR) is 179 cm³/mol. The van der Waals surface area contributed by atoms with Gasteiger partial charge in [-0.2, -0.15) is 12.6 Å². The van der Waals surface area contributed by atoms with E-state index in [0.717, 1.165) is 11.1 Å². The summed E-state index contributed by atoms with van der Waals surface area (Å²) in [5.41, 5.74) is 1.76. The zero-order chi connectivity index (χ0) is 34.3. The molecule has 0 aliphatic carbocycles. The SMILES string of the molecule is CC(C)COC(=O)N[C@@H](CCC(=O)O)C(=O)N1C[C@H](OCc2ccccc2)C[C@H]1C(=O)N[C@@H](CS)C(=O)NCCc1ccccc1Cl. The number of amides is 4. The average molecular weight is 691 g/mol. The lowest BCUT2D eigenvalue weighted by Crippen LogP contribution is -2.56. The Morgan fingerprint density at radius 3 is 2.38 bits per heavy atom. The van der Waals surface area contributed by atoms with Crippen LogP contribution in [0.3, 0.4) is 0 Å². The molecule has 1 aliphatic rings. The van der Waals surface area contributed by atoms with Crippen LogP contribution in [-0.4, -0.2) is 89.5 Å². The number of halogens is 1. The van der Waals surface area contributed by atoms with Crippen LogP contribution < -0.4 is 16.0 Å². The standard InChI is InChI=1S/C33H43ClN4O8S/c1-21(2)18-46-33(44)37-26(12-13-29(39)40)32(43)38-17-24(45-19-22-8-4-3-5-9-22)16-28(38)31(42)36-27(20-47)30(41)35-15-14-23-10-6-7-11-25(23)34/h3-11,21,24,26-28,47H,12-20H2,1-2H3,(H,35,41)(H,36,42)(H,37,44)(H,39,40)/t24-,26+,27+,28+/m1/s1. The number of aliphatic carboxylic acids is 1. The third-order valence-corrected chi connectivity index (χ3v) is 8.16. The highest BCUT2D eigenvalue weighted by Crippen LogP contribution is 2.24. The van der Waals surface area contributed by atoms with Crippen LogP contribution in [0.5, 0.6) is 0 Å². The van der Waals surface area contributed by atoms with Gasteiger partial charge in [-0.25, -0.2) is 4.79 Å². The highest BCUT2D eigenvalue weighted by atomic mass is 35.5. The second-order valence-corrected chi connectivity index (χ2v) is 12.4. The Bertz CT molecular complexity index is 1370. The zero-order valence-corrected chi connectivity index (χ0v) is 28.2. The molecule has 1 saturated heterocycles. The lowest BCUT2D eigenvalue weighted by molar-refractivity contribution is -0.141. The summed E-state index contributed by atoms with van der Waals surface area (Å²) in [4.78, 5) is 65.7. The monoisotopic (exact) mass is 690 g/mol. The van der Waals surface area contributed by atoms with E-state index in [0.29, 0.717) is 11.4 Å². The number of carbonyl (C=O) groups excluding carboxylic acids is 4. The summed E-state index contributed by atoms with van der Waals surface area (Å²) in [6.07, 6.45) is -1.46. The highest BCUT2D eigenvalue weighted by Gasteiger charge is 2.43. The van der Waals surface area contributed by atoms with Gasteiger partial charge in [0.25, 0.3) is 0 Å². The number of carboxylic acids is 1. The zero-order valence-electron chi connectivity index (χ0n) is 26.5. The van der Waals surface area contributed by atoms with E-state index in [1.54, 1.807) is 6.07 Å². The van der Waals surface area contributed by atoms with E-state index >= 15 is 0 Å². The van der Waals surface area contributed by atoms with Crippen molar-refractivity contribution in [2.24, 2.45) is 5.92 Å². The molecule has 1 aliphatic heterocycles. The largest absolute Gasteiger partial charge is 0.481 e. The van der Waals surface area contributed by atoms with Gasteiger partial charge < -0.3 is 35.4 Å². The molecule has 4 N–H and O–H groups in total. The molecule has 2 aromatic rings. The highest BCUT2D eigenvalue weighted by molar-refractivity contribution is 7.80. The van der Waals surface area contributed by atoms with E-state index in [1.807, 2.05) is 62.4 Å². The number of alkyl carbamates (subject to hydrolysis) is 1. The summed E-state index contributed by atoms with van der Waals surface area (Å²) in [6, 6.07) is 13.3. The van der Waals surface area contributed by atoms with Crippen molar-refractivity contribution in [2.75, 3.05) is 25.4 Å². The summed E-state index contributed by atoms with van der Waals surface area (Å²) >= 11 is 10.5. The number of ether oxygens (including phenoxy) is 2. The smallest absolute Gasteiger partial charge is 0.407 e. The minimum Gasteiger partial charge on any atom is -0.481 e. The Morgan fingerprint density at radius 1 is 1.02 bits per heavy atom. The summed E-state index contributed by atoms with van der Waals surface area (Å²) in [5.74, 6) is -2.85. The molecule has 3 rings (SSSR count). The normalized spacial score (nSPS) is 17.1. The van der Waals surface area contributed by atoms with Crippen LogP contribution in [0.25, 0.3) is 0 Å². The quantitative estimate of drug-likeness (QED) is 0.158. The van der Waals surface area contributed by atoms with Crippen molar-refractivity contribution in [2.45, 2.75) is 70.4 Å². The third kappa shape index (κ3) is 12.4. The maximum absolute atomic E-state index is 13.9. The van der Waals surface area contributed by atoms with Gasteiger partial charge in [0, 0.05) is 36.7 Å². The molecule has 0 saturated carbocycles. The van der Waals surface area contributed by atoms with Crippen molar-refractivity contribution in [3.05, 3.63) is 70.7 Å². The van der Waals surface area contributed by atoms with Crippen LogP contribution in [0.4, 0.5) is 4.79 Å². The number of rotatable bonds is 17. The van der Waals surface area contributed by atoms with Crippen molar-refractivity contribution in [1.29, 1.82) is 0 Å². The first-order chi connectivity index (χ1) is 22.5. The first-order valence-corrected chi connectivity index (χ1v) is 16.5. The van der Waals surface area contributed by atoms with Crippen LogP contribution in [0.15, 0.2) is 54.6 Å². The van der Waals surface area contributed by atoms with Crippen molar-refractivity contribution in [3.63, 3.8) is 0 Å². The van der Waals surface area contributed by atoms with Crippen molar-refractivity contribution in [1.82, 2.24) is 20.9 Å². The van der Waals surface area contributed by atoms with E-state index in [1.165, 1.54) is 4.90 Å². The van der Waals surface area contributed by atoms with Crippen LogP contribution in [0.1, 0.15) is 44.2 Å². The molecule has 12 nitrogen and oxygen atoms in total. The van der Waals surface area contributed by atoms with E-state index in [-0.39, 0.29) is 50.8 Å². The molecule has 0 radical (unpaired) electrons. The molecule has 0 unspecified atom stereocenters. The molecule has 4 amide bonds. The van der Waals surface area contributed by atoms with E-state index in [4.69, 9.17) is 21.1 Å². The van der Waals surface area contributed by atoms with Gasteiger partial charge in [0.2, 0.25) is 17.7 Å². The maximum Gasteiger partial charge on any atom is 0.407 e. The fourth-order valence-corrected chi connectivity index (χ4v) is 5.44. The molecular formula is C33H43ClN4O8S. The van der Waals surface area contributed by atoms with Crippen LogP contribution in [0, 0.1) is 5.92 Å². The average Bonchev–Trinajstić information content (AvgIpc) is 3.49. The Labute approximate surface area is 285 Å². The van der Waals surface area contributed by atoms with E-state index in [2.05, 4.69) is 28.6 Å². The van der Waals surface area contributed by atoms with Gasteiger partial charge in [-0.1, -0.05) is 74.0 Å². The first kappa shape index (κ1) is 37.6. The molecule has 4 atom stereocenters. The third-order valence-electron chi connectivity index (χ3n) is 7.43. The second-order valence-electron chi connectivity index (χ2n) is 11.7. The summed E-state index contributed by atoms with van der Waals surface area (Å²) < 4.78 is 11.2. The lowest BCUT2D eigenvalue weighted by atomic mass is 10.1. The molecule has 0 bridgehead atoms. The van der Waals surface area contributed by atoms with Gasteiger partial charge in [-0.15, -0.1) is 0 Å². The number of nitrogens with one attached hydrogen (secondary N) is 3. The van der Waals surface area contributed by atoms with Gasteiger partial charge in [-0.3, -0.25) is 19.2 Å². The van der Waals surface area contributed by atoms with Gasteiger partial charge in [-0.05, 0) is 36.0 Å². The fraction of sp³-hybridized carbons (Fsp3) is 0.485. The number of benzene rings is 2. The lowest BCUT2D eigenvalue weighted by Gasteiger charge is -2.29. The van der Waals surface area contributed by atoms with Crippen LogP contribution >= 0.6 is 24.2 Å². The molecule has 47 heavy (non-hydrogen) atoms. The van der Waals surface area contributed by atoms with Crippen LogP contribution in [-0.2, 0) is 41.7 Å². The number of hydrogen-bond donors (Lipinski definition) is 5. The summed E-state index contributed by atoms with van der Waals surface area (Å²) in [7, 11) is 0. The van der Waals surface area contributed by atoms with Crippen molar-refractivity contribution >= 4 is 54.0 Å². The molecular weight excluding hydrogens is 648 g/mol.